The number of hydrogen-bond acceptors (Lipinski definition) is 3. The fraction of sp³-hybridized carbons (Fsp3) is 0.333. The van der Waals surface area contributed by atoms with Gasteiger partial charge in [-0.25, -0.2) is 4.98 Å². The number of halogens is 1. The number of nitrogens with one attached hydrogen (secondary N) is 1. The van der Waals surface area contributed by atoms with Crippen LogP contribution in [0.4, 0.5) is 0 Å². The van der Waals surface area contributed by atoms with Gasteiger partial charge in [-0.3, -0.25) is 4.79 Å². The number of hydrogen-bond donors (Lipinski definition) is 1. The van der Waals surface area contributed by atoms with Gasteiger partial charge in [0.25, 0.3) is 0 Å². The minimum atomic E-state index is 0.0753. The standard InChI is InChI=1S/C30H34ClN3O2/c1-22-20-25(21-23(2)30(22)31)36-19-9-8-18-34-27-13-7-6-12-26(27)33-28(34)16-17-32-29(35)15-14-24-10-4-3-5-11-24/h3-7,10-13,20-21H,8-9,14-19H2,1-2H3,(H,32,35). The predicted octanol–water partition coefficient (Wildman–Crippen LogP) is 6.46. The summed E-state index contributed by atoms with van der Waals surface area (Å²) in [5.74, 6) is 1.95. The minimum Gasteiger partial charge on any atom is -0.494 e. The number of ether oxygens (including phenoxy) is 1. The van der Waals surface area contributed by atoms with Gasteiger partial charge in [-0.1, -0.05) is 54.1 Å². The number of benzene rings is 3. The summed E-state index contributed by atoms with van der Waals surface area (Å²) in [6.07, 6.45) is 3.85. The van der Waals surface area contributed by atoms with Crippen LogP contribution in [0.2, 0.25) is 5.02 Å². The first kappa shape index (κ1) is 25.8. The molecule has 6 heteroatoms. The molecule has 36 heavy (non-hydrogen) atoms. The summed E-state index contributed by atoms with van der Waals surface area (Å²) in [6, 6.07) is 22.3. The molecule has 0 aliphatic rings. The number of unbranched alkanes of at least 4 members (excludes halogenated alkanes) is 1. The summed E-state index contributed by atoms with van der Waals surface area (Å²) in [6.45, 7) is 6.09. The van der Waals surface area contributed by atoms with Gasteiger partial charge in [0, 0.05) is 31.0 Å². The first-order valence-electron chi connectivity index (χ1n) is 12.7. The van der Waals surface area contributed by atoms with Gasteiger partial charge < -0.3 is 14.6 Å². The largest absolute Gasteiger partial charge is 0.494 e. The third-order valence-corrected chi connectivity index (χ3v) is 6.94. The number of aryl methyl sites for hydroxylation is 4. The molecule has 0 unspecified atom stereocenters. The van der Waals surface area contributed by atoms with Gasteiger partial charge in [0.15, 0.2) is 0 Å². The lowest BCUT2D eigenvalue weighted by Gasteiger charge is -2.12. The maximum atomic E-state index is 12.3. The van der Waals surface area contributed by atoms with Gasteiger partial charge in [0.1, 0.15) is 11.6 Å². The summed E-state index contributed by atoms with van der Waals surface area (Å²) in [5.41, 5.74) is 5.38. The van der Waals surface area contributed by atoms with Crippen LogP contribution in [0, 0.1) is 13.8 Å². The highest BCUT2D eigenvalue weighted by Gasteiger charge is 2.11. The molecule has 1 N–H and O–H groups in total. The molecule has 0 saturated heterocycles. The van der Waals surface area contributed by atoms with Crippen LogP contribution in [-0.2, 0) is 24.2 Å². The van der Waals surface area contributed by atoms with Crippen LogP contribution in [0.1, 0.15) is 41.8 Å². The molecule has 0 spiro atoms. The van der Waals surface area contributed by atoms with E-state index in [1.165, 1.54) is 5.56 Å². The average Bonchev–Trinajstić information content (AvgIpc) is 3.23. The third kappa shape index (κ3) is 6.88. The predicted molar refractivity (Wildman–Crippen MR) is 147 cm³/mol. The average molecular weight is 504 g/mol. The number of imidazole rings is 1. The van der Waals surface area contributed by atoms with Crippen molar-refractivity contribution in [2.24, 2.45) is 0 Å². The topological polar surface area (TPSA) is 56.1 Å². The lowest BCUT2D eigenvalue weighted by Crippen LogP contribution is -2.26. The van der Waals surface area contributed by atoms with Gasteiger partial charge in [-0.05, 0) is 74.1 Å². The van der Waals surface area contributed by atoms with Crippen molar-refractivity contribution in [1.82, 2.24) is 14.9 Å². The minimum absolute atomic E-state index is 0.0753. The Labute approximate surface area is 218 Å². The Morgan fingerprint density at radius 3 is 2.47 bits per heavy atom. The van der Waals surface area contributed by atoms with E-state index in [0.717, 1.165) is 64.6 Å². The van der Waals surface area contributed by atoms with Crippen LogP contribution in [0.15, 0.2) is 66.7 Å². The highest BCUT2D eigenvalue weighted by Crippen LogP contribution is 2.26. The molecule has 0 radical (unpaired) electrons. The molecule has 4 aromatic rings. The van der Waals surface area contributed by atoms with Crippen LogP contribution in [-0.4, -0.2) is 28.6 Å². The van der Waals surface area contributed by atoms with E-state index in [-0.39, 0.29) is 5.91 Å². The van der Waals surface area contributed by atoms with Crippen LogP contribution in [0.5, 0.6) is 5.75 Å². The molecule has 0 atom stereocenters. The zero-order valence-electron chi connectivity index (χ0n) is 21.1. The molecule has 0 saturated carbocycles. The van der Waals surface area contributed by atoms with E-state index in [4.69, 9.17) is 21.3 Å². The Morgan fingerprint density at radius 2 is 1.69 bits per heavy atom. The molecule has 0 aliphatic heterocycles. The molecule has 0 aliphatic carbocycles. The van der Waals surface area contributed by atoms with Crippen molar-refractivity contribution in [2.75, 3.05) is 13.2 Å². The highest BCUT2D eigenvalue weighted by atomic mass is 35.5. The Hall–Kier alpha value is -3.31. The lowest BCUT2D eigenvalue weighted by molar-refractivity contribution is -0.121. The summed E-state index contributed by atoms with van der Waals surface area (Å²) < 4.78 is 8.25. The van der Waals surface area contributed by atoms with E-state index in [1.807, 2.05) is 62.4 Å². The molecule has 3 aromatic carbocycles. The normalized spacial score (nSPS) is 11.1. The van der Waals surface area contributed by atoms with Crippen molar-refractivity contribution in [3.8, 4) is 5.75 Å². The summed E-state index contributed by atoms with van der Waals surface area (Å²) in [4.78, 5) is 17.2. The van der Waals surface area contributed by atoms with Crippen LogP contribution < -0.4 is 10.1 Å². The van der Waals surface area contributed by atoms with Gasteiger partial charge in [0.2, 0.25) is 5.91 Å². The van der Waals surface area contributed by atoms with Crippen LogP contribution in [0.25, 0.3) is 11.0 Å². The monoisotopic (exact) mass is 503 g/mol. The van der Waals surface area contributed by atoms with Gasteiger partial charge in [-0.15, -0.1) is 0 Å². The molecular formula is C30H34ClN3O2. The second-order valence-electron chi connectivity index (χ2n) is 9.18. The summed E-state index contributed by atoms with van der Waals surface area (Å²) in [5, 5.41) is 3.86. The molecule has 1 aromatic heterocycles. The number of carbonyl (C=O) groups excluding carboxylic acids is 1. The molecule has 1 heterocycles. The first-order chi connectivity index (χ1) is 17.5. The zero-order valence-corrected chi connectivity index (χ0v) is 21.9. The quantitative estimate of drug-likeness (QED) is 0.226. The number of nitrogens with zero attached hydrogens (tertiary/aromatic N) is 2. The molecule has 188 valence electrons. The number of carbonyl (C=O) groups is 1. The molecule has 5 nitrogen and oxygen atoms in total. The fourth-order valence-electron chi connectivity index (χ4n) is 4.42. The van der Waals surface area contributed by atoms with Crippen molar-refractivity contribution in [3.63, 3.8) is 0 Å². The number of para-hydroxylation sites is 2. The Kier molecular flexibility index (Phi) is 9.01. The zero-order chi connectivity index (χ0) is 25.3. The SMILES string of the molecule is Cc1cc(OCCCCn2c(CCNC(=O)CCc3ccccc3)nc3ccccc32)cc(C)c1Cl. The van der Waals surface area contributed by atoms with Crippen LogP contribution in [0.3, 0.4) is 0 Å². The molecule has 1 amide bonds. The summed E-state index contributed by atoms with van der Waals surface area (Å²) >= 11 is 6.26. The highest BCUT2D eigenvalue weighted by molar-refractivity contribution is 6.32. The van der Waals surface area contributed by atoms with Gasteiger partial charge in [-0.2, -0.15) is 0 Å². The smallest absolute Gasteiger partial charge is 0.220 e. The maximum absolute atomic E-state index is 12.3. The van der Waals surface area contributed by atoms with E-state index in [9.17, 15) is 4.79 Å². The molecule has 0 bridgehead atoms. The molecule has 0 fully saturated rings. The van der Waals surface area contributed by atoms with Crippen molar-refractivity contribution >= 4 is 28.5 Å². The maximum Gasteiger partial charge on any atom is 0.220 e. The second-order valence-corrected chi connectivity index (χ2v) is 9.56. The number of rotatable bonds is 12. The lowest BCUT2D eigenvalue weighted by atomic mass is 10.1. The van der Waals surface area contributed by atoms with E-state index in [1.54, 1.807) is 0 Å². The van der Waals surface area contributed by atoms with E-state index in [0.29, 0.717) is 26.0 Å². The van der Waals surface area contributed by atoms with E-state index in [2.05, 4.69) is 28.1 Å². The fourth-order valence-corrected chi connectivity index (χ4v) is 4.53. The van der Waals surface area contributed by atoms with Crippen molar-refractivity contribution in [2.45, 2.75) is 52.5 Å². The van der Waals surface area contributed by atoms with E-state index >= 15 is 0 Å². The van der Waals surface area contributed by atoms with Gasteiger partial charge in [0.05, 0.1) is 17.6 Å². The van der Waals surface area contributed by atoms with Crippen LogP contribution >= 0.6 is 11.6 Å². The summed E-state index contributed by atoms with van der Waals surface area (Å²) in [7, 11) is 0. The second kappa shape index (κ2) is 12.6. The first-order valence-corrected chi connectivity index (χ1v) is 13.0. The Balaban J connectivity index is 1.27. The molecule has 4 rings (SSSR count). The Bertz CT molecular complexity index is 1280. The van der Waals surface area contributed by atoms with Crippen molar-refractivity contribution < 1.29 is 9.53 Å². The third-order valence-electron chi connectivity index (χ3n) is 6.34. The number of fused-ring (bicyclic) bond motifs is 1. The van der Waals surface area contributed by atoms with E-state index < -0.39 is 0 Å². The number of amides is 1. The molecular weight excluding hydrogens is 470 g/mol. The van der Waals surface area contributed by atoms with Crippen molar-refractivity contribution in [1.29, 1.82) is 0 Å². The van der Waals surface area contributed by atoms with Crippen molar-refractivity contribution in [3.05, 3.63) is 94.3 Å². The van der Waals surface area contributed by atoms with Gasteiger partial charge >= 0.3 is 0 Å². The number of aromatic nitrogens is 2. The Morgan fingerprint density at radius 1 is 0.972 bits per heavy atom.